The maximum Gasteiger partial charge on any atom is 0.355 e. The van der Waals surface area contributed by atoms with Crippen LogP contribution < -0.4 is 0 Å². The largest absolute Gasteiger partial charge is 0.461 e. The monoisotopic (exact) mass is 330 g/mol. The molecule has 0 bridgehead atoms. The number of benzene rings is 1. The molecule has 2 heterocycles. The Balaban J connectivity index is 1.90. The molecular weight excluding hydrogens is 316 g/mol. The summed E-state index contributed by atoms with van der Waals surface area (Å²) in [5.41, 5.74) is 0.481. The molecule has 3 rings (SSSR count). The zero-order chi connectivity index (χ0) is 17.3. The number of hydrazone groups is 1. The number of likely N-dealkylation sites (tertiary alicyclic amines) is 1. The molecule has 2 atom stereocenters. The number of esters is 1. The van der Waals surface area contributed by atoms with Crippen molar-refractivity contribution in [1.29, 1.82) is 0 Å². The van der Waals surface area contributed by atoms with Gasteiger partial charge < -0.3 is 4.74 Å². The highest BCUT2D eigenvalue weighted by molar-refractivity contribution is 6.43. The molecule has 2 aliphatic rings. The van der Waals surface area contributed by atoms with Gasteiger partial charge in [0, 0.05) is 0 Å². The Morgan fingerprint density at radius 2 is 1.96 bits per heavy atom. The van der Waals surface area contributed by atoms with E-state index in [0.29, 0.717) is 5.12 Å². The van der Waals surface area contributed by atoms with E-state index in [1.54, 1.807) is 31.2 Å². The SMILES string of the molecule is CCOC(=O)C1=NN(N=O)[C@H]2C(=O)N(Cc3ccccc3)C(=O)[C@H]12. The summed E-state index contributed by atoms with van der Waals surface area (Å²) >= 11 is 0. The fourth-order valence-corrected chi connectivity index (χ4v) is 2.81. The molecule has 0 aliphatic carbocycles. The Morgan fingerprint density at radius 3 is 2.58 bits per heavy atom. The maximum atomic E-state index is 12.6. The maximum absolute atomic E-state index is 12.6. The Kier molecular flexibility index (Phi) is 4.07. The number of imide groups is 1. The van der Waals surface area contributed by atoms with Gasteiger partial charge in [-0.15, -0.1) is 15.1 Å². The van der Waals surface area contributed by atoms with E-state index in [9.17, 15) is 19.3 Å². The van der Waals surface area contributed by atoms with Gasteiger partial charge in [0.25, 0.3) is 5.91 Å². The van der Waals surface area contributed by atoms with Crippen LogP contribution >= 0.6 is 0 Å². The van der Waals surface area contributed by atoms with Gasteiger partial charge in [0.1, 0.15) is 5.92 Å². The predicted molar refractivity (Wildman–Crippen MR) is 81.0 cm³/mol. The quantitative estimate of drug-likeness (QED) is 0.441. The summed E-state index contributed by atoms with van der Waals surface area (Å²) in [7, 11) is 0. The van der Waals surface area contributed by atoms with E-state index in [0.717, 1.165) is 10.5 Å². The van der Waals surface area contributed by atoms with Crippen molar-refractivity contribution in [2.24, 2.45) is 16.3 Å². The van der Waals surface area contributed by atoms with Crippen LogP contribution in [0.4, 0.5) is 0 Å². The van der Waals surface area contributed by atoms with Gasteiger partial charge in [0.05, 0.1) is 18.4 Å². The normalized spacial score (nSPS) is 22.5. The summed E-state index contributed by atoms with van der Waals surface area (Å²) in [5.74, 6) is -3.21. The van der Waals surface area contributed by atoms with Crippen LogP contribution in [0.25, 0.3) is 0 Å². The van der Waals surface area contributed by atoms with Gasteiger partial charge in [-0.3, -0.25) is 14.5 Å². The molecule has 9 nitrogen and oxygen atoms in total. The Labute approximate surface area is 136 Å². The second-order valence-corrected chi connectivity index (χ2v) is 5.28. The number of carbonyl (C=O) groups excluding carboxylic acids is 3. The number of fused-ring (bicyclic) bond motifs is 1. The van der Waals surface area contributed by atoms with Crippen LogP contribution in [-0.2, 0) is 25.7 Å². The molecule has 24 heavy (non-hydrogen) atoms. The molecule has 0 saturated carbocycles. The number of amides is 2. The van der Waals surface area contributed by atoms with Crippen LogP contribution in [0.3, 0.4) is 0 Å². The minimum absolute atomic E-state index is 0.0499. The van der Waals surface area contributed by atoms with Crippen LogP contribution in [0, 0.1) is 10.8 Å². The van der Waals surface area contributed by atoms with Crippen molar-refractivity contribution in [2.75, 3.05) is 6.61 Å². The zero-order valence-corrected chi connectivity index (χ0v) is 12.8. The van der Waals surface area contributed by atoms with E-state index in [-0.39, 0.29) is 18.9 Å². The van der Waals surface area contributed by atoms with Crippen molar-refractivity contribution < 1.29 is 19.1 Å². The molecule has 1 saturated heterocycles. The number of nitrogens with zero attached hydrogens (tertiary/aromatic N) is 4. The third-order valence-electron chi connectivity index (χ3n) is 3.87. The van der Waals surface area contributed by atoms with E-state index in [4.69, 9.17) is 4.74 Å². The third-order valence-corrected chi connectivity index (χ3v) is 3.87. The smallest absolute Gasteiger partial charge is 0.355 e. The van der Waals surface area contributed by atoms with Gasteiger partial charge >= 0.3 is 5.97 Å². The van der Waals surface area contributed by atoms with Crippen LogP contribution in [0.15, 0.2) is 40.7 Å². The highest BCUT2D eigenvalue weighted by Crippen LogP contribution is 2.33. The summed E-state index contributed by atoms with van der Waals surface area (Å²) in [6.07, 6.45) is 0. The molecule has 0 unspecified atom stereocenters. The van der Waals surface area contributed by atoms with Crippen LogP contribution in [0.2, 0.25) is 0 Å². The summed E-state index contributed by atoms with van der Waals surface area (Å²) in [5, 5.41) is 6.89. The second-order valence-electron chi connectivity index (χ2n) is 5.28. The van der Waals surface area contributed by atoms with Crippen molar-refractivity contribution in [2.45, 2.75) is 19.5 Å². The van der Waals surface area contributed by atoms with Crippen molar-refractivity contribution in [3.8, 4) is 0 Å². The number of nitroso groups, excluding NO2 is 1. The topological polar surface area (TPSA) is 109 Å². The molecule has 0 radical (unpaired) electrons. The van der Waals surface area contributed by atoms with Gasteiger partial charge in [-0.05, 0) is 12.5 Å². The summed E-state index contributed by atoms with van der Waals surface area (Å²) in [6.45, 7) is 1.73. The van der Waals surface area contributed by atoms with Gasteiger partial charge in [-0.25, -0.2) is 4.79 Å². The molecule has 1 aromatic carbocycles. The first kappa shape index (κ1) is 15.8. The Morgan fingerprint density at radius 1 is 1.25 bits per heavy atom. The number of ether oxygens (including phenoxy) is 1. The fraction of sp³-hybridized carbons (Fsp3) is 0.333. The van der Waals surface area contributed by atoms with Gasteiger partial charge in [0.15, 0.2) is 11.8 Å². The second kappa shape index (κ2) is 6.19. The number of hydrogen-bond donors (Lipinski definition) is 0. The lowest BCUT2D eigenvalue weighted by Gasteiger charge is -2.16. The van der Waals surface area contributed by atoms with Crippen molar-refractivity contribution in [3.63, 3.8) is 0 Å². The molecule has 0 aromatic heterocycles. The molecule has 1 fully saturated rings. The van der Waals surface area contributed by atoms with E-state index in [1.165, 1.54) is 0 Å². The van der Waals surface area contributed by atoms with E-state index in [1.807, 2.05) is 6.07 Å². The minimum Gasteiger partial charge on any atom is -0.461 e. The predicted octanol–water partition coefficient (Wildman–Crippen LogP) is 0.456. The lowest BCUT2D eigenvalue weighted by atomic mass is 9.98. The average Bonchev–Trinajstić information content (AvgIpc) is 3.09. The van der Waals surface area contributed by atoms with Crippen LogP contribution in [0.5, 0.6) is 0 Å². The molecule has 2 aliphatic heterocycles. The summed E-state index contributed by atoms with van der Waals surface area (Å²) < 4.78 is 4.84. The zero-order valence-electron chi connectivity index (χ0n) is 12.8. The Bertz CT molecular complexity index is 733. The lowest BCUT2D eigenvalue weighted by molar-refractivity contribution is -0.142. The first-order chi connectivity index (χ1) is 11.6. The van der Waals surface area contributed by atoms with Gasteiger partial charge in [-0.1, -0.05) is 30.3 Å². The first-order valence-electron chi connectivity index (χ1n) is 7.35. The van der Waals surface area contributed by atoms with Crippen LogP contribution in [0.1, 0.15) is 12.5 Å². The van der Waals surface area contributed by atoms with Crippen LogP contribution in [-0.4, -0.2) is 46.2 Å². The highest BCUT2D eigenvalue weighted by Gasteiger charge is 2.59. The van der Waals surface area contributed by atoms with Crippen molar-refractivity contribution in [3.05, 3.63) is 40.8 Å². The fourth-order valence-electron chi connectivity index (χ4n) is 2.81. The molecule has 0 spiro atoms. The van der Waals surface area contributed by atoms with E-state index in [2.05, 4.69) is 10.4 Å². The van der Waals surface area contributed by atoms with E-state index < -0.39 is 29.7 Å². The average molecular weight is 330 g/mol. The Hall–Kier alpha value is -3.10. The molecule has 124 valence electrons. The van der Waals surface area contributed by atoms with Gasteiger partial charge in [-0.2, -0.15) is 0 Å². The van der Waals surface area contributed by atoms with Crippen molar-refractivity contribution >= 4 is 23.5 Å². The number of hydrogen-bond acceptors (Lipinski definition) is 7. The summed E-state index contributed by atoms with van der Waals surface area (Å²) in [4.78, 5) is 49.1. The standard InChI is InChI=1S/C15H14N4O5/c1-2-24-15(22)11-10-12(19(16-11)17-23)14(21)18(13(10)20)8-9-6-4-3-5-7-9/h3-7,10,12H,2,8H2,1H3/t10-,12-/m1/s1. The first-order valence-corrected chi connectivity index (χ1v) is 7.35. The number of rotatable bonds is 5. The highest BCUT2D eigenvalue weighted by atomic mass is 16.5. The van der Waals surface area contributed by atoms with Crippen molar-refractivity contribution in [1.82, 2.24) is 10.0 Å². The van der Waals surface area contributed by atoms with Gasteiger partial charge in [0.2, 0.25) is 5.91 Å². The lowest BCUT2D eigenvalue weighted by Crippen LogP contribution is -2.36. The van der Waals surface area contributed by atoms with E-state index >= 15 is 0 Å². The molecule has 2 amide bonds. The molecule has 0 N–H and O–H groups in total. The summed E-state index contributed by atoms with van der Waals surface area (Å²) in [6, 6.07) is 7.70. The third kappa shape index (κ3) is 2.43. The molecule has 9 heteroatoms. The minimum atomic E-state index is -1.22. The molecular formula is C15H14N4O5. The number of carbonyl (C=O) groups is 3. The molecule has 1 aromatic rings.